The summed E-state index contributed by atoms with van der Waals surface area (Å²) in [5.41, 5.74) is 0.674. The molecule has 15 heavy (non-hydrogen) atoms. The van der Waals surface area contributed by atoms with Crippen molar-refractivity contribution >= 4 is 5.91 Å². The van der Waals surface area contributed by atoms with E-state index in [1.807, 2.05) is 0 Å². The van der Waals surface area contributed by atoms with E-state index in [9.17, 15) is 4.79 Å². The summed E-state index contributed by atoms with van der Waals surface area (Å²) in [6, 6.07) is 7.98. The summed E-state index contributed by atoms with van der Waals surface area (Å²) in [7, 11) is 1.59. The fourth-order valence-electron chi connectivity index (χ4n) is 1.06. The van der Waals surface area contributed by atoms with E-state index in [1.165, 1.54) is 0 Å². The number of carbonyl (C=O) groups excluding carboxylic acids is 1. The third-order valence-corrected chi connectivity index (χ3v) is 1.88. The van der Waals surface area contributed by atoms with Crippen LogP contribution < -0.4 is 10.1 Å². The predicted octanol–water partition coefficient (Wildman–Crippen LogP) is 0.494. The van der Waals surface area contributed by atoms with Crippen LogP contribution in [0.5, 0.6) is 5.75 Å². The zero-order valence-electron chi connectivity index (χ0n) is 8.62. The van der Waals surface area contributed by atoms with Crippen molar-refractivity contribution in [2.24, 2.45) is 0 Å². The van der Waals surface area contributed by atoms with E-state index in [1.54, 1.807) is 25.2 Å². The van der Waals surface area contributed by atoms with Gasteiger partial charge in [-0.1, -0.05) is 6.07 Å². The lowest BCUT2D eigenvalue weighted by Gasteiger charge is -2.06. The molecule has 0 unspecified atom stereocenters. The number of hydrogen-bond acceptors (Lipinski definition) is 3. The van der Waals surface area contributed by atoms with Crippen LogP contribution in [0.3, 0.4) is 0 Å². The zero-order chi connectivity index (χ0) is 11.1. The molecule has 0 aliphatic rings. The molecule has 1 rings (SSSR count). The van der Waals surface area contributed by atoms with Crippen LogP contribution in [-0.4, -0.2) is 24.7 Å². The predicted molar refractivity (Wildman–Crippen MR) is 55.4 cm³/mol. The number of benzene rings is 1. The maximum atomic E-state index is 10.9. The van der Waals surface area contributed by atoms with Crippen LogP contribution >= 0.6 is 0 Å². The number of carbonyl (C=O) groups is 1. The molecule has 1 radical (unpaired) electrons. The number of rotatable bonds is 5. The van der Waals surface area contributed by atoms with Gasteiger partial charge in [0.15, 0.2) is 0 Å². The molecule has 1 aromatic rings. The molecule has 4 nitrogen and oxygen atoms in total. The highest BCUT2D eigenvalue weighted by Crippen LogP contribution is 2.12. The van der Waals surface area contributed by atoms with Crippen molar-refractivity contribution in [3.8, 4) is 5.75 Å². The lowest BCUT2D eigenvalue weighted by atomic mass is 10.2. The van der Waals surface area contributed by atoms with Crippen LogP contribution in [0.4, 0.5) is 0 Å². The highest BCUT2D eigenvalue weighted by atomic mass is 16.5. The lowest BCUT2D eigenvalue weighted by Crippen LogP contribution is -2.20. The normalized spacial score (nSPS) is 9.73. The summed E-state index contributed by atoms with van der Waals surface area (Å²) < 4.78 is 5.33. The molecule has 0 aliphatic carbocycles. The van der Waals surface area contributed by atoms with Crippen molar-refractivity contribution in [2.45, 2.75) is 13.0 Å². The van der Waals surface area contributed by atoms with E-state index in [0.29, 0.717) is 24.3 Å². The Morgan fingerprint density at radius 2 is 2.47 bits per heavy atom. The maximum Gasteiger partial charge on any atom is 0.223 e. The second-order valence-electron chi connectivity index (χ2n) is 2.98. The molecule has 0 aromatic heterocycles. The van der Waals surface area contributed by atoms with Gasteiger partial charge in [0, 0.05) is 7.05 Å². The molecule has 1 amide bonds. The first kappa shape index (κ1) is 11.5. The van der Waals surface area contributed by atoms with Crippen LogP contribution in [0.1, 0.15) is 12.0 Å². The van der Waals surface area contributed by atoms with Gasteiger partial charge in [0.05, 0.1) is 19.6 Å². The fourth-order valence-corrected chi connectivity index (χ4v) is 1.06. The number of amides is 1. The Morgan fingerprint density at radius 1 is 1.67 bits per heavy atom. The third-order valence-electron chi connectivity index (χ3n) is 1.88. The first-order valence-corrected chi connectivity index (χ1v) is 4.71. The number of ether oxygens (including phenoxy) is 1. The number of aliphatic hydroxyl groups excluding tert-OH is 1. The zero-order valence-corrected chi connectivity index (χ0v) is 8.62. The Kier molecular flexibility index (Phi) is 4.63. The van der Waals surface area contributed by atoms with Gasteiger partial charge in [0.25, 0.3) is 0 Å². The second-order valence-corrected chi connectivity index (χ2v) is 2.98. The van der Waals surface area contributed by atoms with Crippen molar-refractivity contribution in [3.63, 3.8) is 0 Å². The molecule has 0 saturated carbocycles. The van der Waals surface area contributed by atoms with E-state index in [-0.39, 0.29) is 12.5 Å². The van der Waals surface area contributed by atoms with Gasteiger partial charge in [0.2, 0.25) is 5.91 Å². The van der Waals surface area contributed by atoms with Crippen LogP contribution in [-0.2, 0) is 11.4 Å². The molecule has 2 N–H and O–H groups in total. The summed E-state index contributed by atoms with van der Waals surface area (Å²) in [6.45, 7) is 0.265. The van der Waals surface area contributed by atoms with Gasteiger partial charge in [-0.15, -0.1) is 0 Å². The van der Waals surface area contributed by atoms with Crippen molar-refractivity contribution in [1.29, 1.82) is 0 Å². The van der Waals surface area contributed by atoms with E-state index in [4.69, 9.17) is 9.84 Å². The van der Waals surface area contributed by atoms with Crippen LogP contribution in [0.25, 0.3) is 0 Å². The molecule has 4 heteroatoms. The van der Waals surface area contributed by atoms with Crippen LogP contribution in [0.2, 0.25) is 0 Å². The summed E-state index contributed by atoms with van der Waals surface area (Å²) in [5, 5.41) is 11.4. The average molecular weight is 208 g/mol. The Morgan fingerprint density at radius 3 is 3.13 bits per heavy atom. The Bertz CT molecular complexity index is 325. The highest BCUT2D eigenvalue weighted by molar-refractivity contribution is 5.75. The third kappa shape index (κ3) is 3.99. The van der Waals surface area contributed by atoms with Crippen molar-refractivity contribution in [3.05, 3.63) is 29.8 Å². The largest absolute Gasteiger partial charge is 0.493 e. The van der Waals surface area contributed by atoms with Gasteiger partial charge >= 0.3 is 0 Å². The number of nitrogens with one attached hydrogen (secondary N) is 1. The Hall–Kier alpha value is -1.55. The van der Waals surface area contributed by atoms with E-state index >= 15 is 0 Å². The van der Waals surface area contributed by atoms with Crippen LogP contribution in [0.15, 0.2) is 18.2 Å². The summed E-state index contributed by atoms with van der Waals surface area (Å²) in [4.78, 5) is 10.9. The second kappa shape index (κ2) is 6.03. The molecule has 0 atom stereocenters. The molecule has 0 bridgehead atoms. The van der Waals surface area contributed by atoms with Crippen molar-refractivity contribution in [2.75, 3.05) is 13.7 Å². The molecular formula is C11H14NO3. The van der Waals surface area contributed by atoms with Gasteiger partial charge in [0.1, 0.15) is 5.75 Å². The maximum absolute atomic E-state index is 10.9. The van der Waals surface area contributed by atoms with Crippen molar-refractivity contribution < 1.29 is 14.6 Å². The average Bonchev–Trinajstić information content (AvgIpc) is 2.29. The number of hydrogen-bond donors (Lipinski definition) is 2. The summed E-state index contributed by atoms with van der Waals surface area (Å²) >= 11 is 0. The van der Waals surface area contributed by atoms with Crippen LogP contribution in [0, 0.1) is 6.07 Å². The SMILES string of the molecule is CNC(=O)CCOc1cc[c]c(CO)c1. The van der Waals surface area contributed by atoms with Gasteiger partial charge < -0.3 is 15.2 Å². The van der Waals surface area contributed by atoms with Crippen molar-refractivity contribution in [1.82, 2.24) is 5.32 Å². The highest BCUT2D eigenvalue weighted by Gasteiger charge is 1.99. The molecule has 1 aromatic carbocycles. The fraction of sp³-hybridized carbons (Fsp3) is 0.364. The molecule has 0 spiro atoms. The quantitative estimate of drug-likeness (QED) is 0.740. The molecule has 0 heterocycles. The molecule has 0 fully saturated rings. The minimum Gasteiger partial charge on any atom is -0.493 e. The summed E-state index contributed by atoms with van der Waals surface area (Å²) in [5.74, 6) is 0.585. The molecule has 0 saturated heterocycles. The van der Waals surface area contributed by atoms with Gasteiger partial charge in [-0.3, -0.25) is 4.79 Å². The molecular weight excluding hydrogens is 194 g/mol. The summed E-state index contributed by atoms with van der Waals surface area (Å²) in [6.07, 6.45) is 0.323. The smallest absolute Gasteiger partial charge is 0.223 e. The Balaban J connectivity index is 2.40. The van der Waals surface area contributed by atoms with Gasteiger partial charge in [-0.25, -0.2) is 0 Å². The minimum atomic E-state index is -0.0629. The van der Waals surface area contributed by atoms with Gasteiger partial charge in [-0.2, -0.15) is 0 Å². The standard InChI is InChI=1S/C11H14NO3/c1-12-11(14)5-6-15-10-4-2-3-9(7-10)8-13/h2,4,7,13H,5-6,8H2,1H3,(H,12,14). The Labute approximate surface area is 88.9 Å². The van der Waals surface area contributed by atoms with E-state index in [2.05, 4.69) is 11.4 Å². The molecule has 0 aliphatic heterocycles. The first-order valence-electron chi connectivity index (χ1n) is 4.71. The lowest BCUT2D eigenvalue weighted by molar-refractivity contribution is -0.121. The number of aliphatic hydroxyl groups is 1. The minimum absolute atomic E-state index is 0.0557. The monoisotopic (exact) mass is 208 g/mol. The van der Waals surface area contributed by atoms with E-state index in [0.717, 1.165) is 0 Å². The molecule has 81 valence electrons. The van der Waals surface area contributed by atoms with Gasteiger partial charge in [-0.05, 0) is 23.8 Å². The topological polar surface area (TPSA) is 58.6 Å². The van der Waals surface area contributed by atoms with E-state index < -0.39 is 0 Å². The first-order chi connectivity index (χ1) is 7.26.